The predicted octanol–water partition coefficient (Wildman–Crippen LogP) is 1.73. The first kappa shape index (κ1) is 13.2. The van der Waals surface area contributed by atoms with Gasteiger partial charge < -0.3 is 5.32 Å². The zero-order chi connectivity index (χ0) is 13.8. The molecule has 0 atom stereocenters. The lowest BCUT2D eigenvalue weighted by Gasteiger charge is -2.04. The molecule has 19 heavy (non-hydrogen) atoms. The van der Waals surface area contributed by atoms with Crippen LogP contribution in [0.1, 0.15) is 10.6 Å². The van der Waals surface area contributed by atoms with Crippen molar-refractivity contribution in [2.24, 2.45) is 0 Å². The van der Waals surface area contributed by atoms with E-state index in [-0.39, 0.29) is 0 Å². The lowest BCUT2D eigenvalue weighted by atomic mass is 10.2. The van der Waals surface area contributed by atoms with Crippen molar-refractivity contribution >= 4 is 34.0 Å². The van der Waals surface area contributed by atoms with Crippen LogP contribution in [-0.2, 0) is 9.59 Å². The summed E-state index contributed by atoms with van der Waals surface area (Å²) in [4.78, 5) is 23.3. The van der Waals surface area contributed by atoms with Crippen LogP contribution < -0.4 is 10.6 Å². The molecule has 2 amide bonds. The van der Waals surface area contributed by atoms with Crippen LogP contribution in [0.2, 0.25) is 0 Å². The third-order valence-corrected chi connectivity index (χ3v) is 3.02. The Morgan fingerprint density at radius 3 is 2.21 bits per heavy atom. The number of aromatic nitrogens is 2. The zero-order valence-electron chi connectivity index (χ0n) is 10.4. The minimum atomic E-state index is -0.767. The van der Waals surface area contributed by atoms with Crippen LogP contribution in [0, 0.1) is 13.8 Å². The minimum absolute atomic E-state index is 0.307. The van der Waals surface area contributed by atoms with Crippen LogP contribution >= 0.6 is 11.3 Å². The van der Waals surface area contributed by atoms with Gasteiger partial charge in [0.15, 0.2) is 0 Å². The summed E-state index contributed by atoms with van der Waals surface area (Å²) < 4.78 is 0. The van der Waals surface area contributed by atoms with Crippen LogP contribution in [0.3, 0.4) is 0 Å². The van der Waals surface area contributed by atoms with Crippen molar-refractivity contribution < 1.29 is 9.59 Å². The number of aryl methyl sites for hydroxylation is 2. The summed E-state index contributed by atoms with van der Waals surface area (Å²) in [6.45, 7) is 3.70. The van der Waals surface area contributed by atoms with Gasteiger partial charge in [-0.3, -0.25) is 14.9 Å². The second-order valence-electron chi connectivity index (χ2n) is 3.90. The summed E-state index contributed by atoms with van der Waals surface area (Å²) in [6, 6.07) is 7.16. The first-order chi connectivity index (χ1) is 9.04. The van der Waals surface area contributed by atoms with Gasteiger partial charge in [0.2, 0.25) is 5.13 Å². The number of nitrogens with one attached hydrogen (secondary N) is 2. The minimum Gasteiger partial charge on any atom is -0.318 e. The number of amides is 2. The van der Waals surface area contributed by atoms with Crippen LogP contribution in [-0.4, -0.2) is 22.0 Å². The van der Waals surface area contributed by atoms with Gasteiger partial charge in [-0.15, -0.1) is 10.2 Å². The van der Waals surface area contributed by atoms with Crippen LogP contribution in [0.25, 0.3) is 0 Å². The Labute approximate surface area is 113 Å². The van der Waals surface area contributed by atoms with Crippen molar-refractivity contribution in [2.45, 2.75) is 13.8 Å². The molecular formula is C12H12N4O2S. The highest BCUT2D eigenvalue weighted by Crippen LogP contribution is 2.13. The molecule has 0 aliphatic heterocycles. The van der Waals surface area contributed by atoms with E-state index in [2.05, 4.69) is 20.8 Å². The molecule has 7 heteroatoms. The van der Waals surface area contributed by atoms with Crippen molar-refractivity contribution in [3.63, 3.8) is 0 Å². The summed E-state index contributed by atoms with van der Waals surface area (Å²) in [5, 5.41) is 13.4. The second-order valence-corrected chi connectivity index (χ2v) is 5.08. The van der Waals surface area contributed by atoms with E-state index < -0.39 is 11.8 Å². The zero-order valence-corrected chi connectivity index (χ0v) is 11.2. The molecule has 0 saturated carbocycles. The summed E-state index contributed by atoms with van der Waals surface area (Å²) in [6.07, 6.45) is 0. The molecule has 0 radical (unpaired) electrons. The van der Waals surface area contributed by atoms with Crippen molar-refractivity contribution in [3.8, 4) is 0 Å². The highest BCUT2D eigenvalue weighted by molar-refractivity contribution is 7.15. The lowest BCUT2D eigenvalue weighted by molar-refractivity contribution is -0.133. The number of rotatable bonds is 2. The quantitative estimate of drug-likeness (QED) is 0.818. The van der Waals surface area contributed by atoms with Gasteiger partial charge >= 0.3 is 11.8 Å². The van der Waals surface area contributed by atoms with E-state index in [1.165, 1.54) is 11.3 Å². The average Bonchev–Trinajstić information content (AvgIpc) is 2.77. The molecule has 0 unspecified atom stereocenters. The van der Waals surface area contributed by atoms with E-state index >= 15 is 0 Å². The van der Waals surface area contributed by atoms with Crippen LogP contribution in [0.5, 0.6) is 0 Å². The molecule has 0 saturated heterocycles. The fraction of sp³-hybridized carbons (Fsp3) is 0.167. The number of nitrogens with zero attached hydrogens (tertiary/aromatic N) is 2. The molecule has 2 aromatic rings. The number of hydrogen-bond acceptors (Lipinski definition) is 5. The maximum atomic E-state index is 11.6. The molecule has 2 rings (SSSR count). The maximum Gasteiger partial charge on any atom is 0.315 e. The molecule has 0 spiro atoms. The molecule has 2 N–H and O–H groups in total. The van der Waals surface area contributed by atoms with Gasteiger partial charge in [-0.2, -0.15) is 0 Å². The normalized spacial score (nSPS) is 10.0. The molecule has 6 nitrogen and oxygen atoms in total. The number of anilines is 2. The summed E-state index contributed by atoms with van der Waals surface area (Å²) in [5.74, 6) is -1.51. The molecule has 98 valence electrons. The van der Waals surface area contributed by atoms with Gasteiger partial charge in [-0.1, -0.05) is 29.0 Å². The largest absolute Gasteiger partial charge is 0.318 e. The van der Waals surface area contributed by atoms with Gasteiger partial charge in [0.1, 0.15) is 5.01 Å². The van der Waals surface area contributed by atoms with Gasteiger partial charge in [-0.25, -0.2) is 0 Å². The molecule has 1 heterocycles. The van der Waals surface area contributed by atoms with Gasteiger partial charge in [0.25, 0.3) is 0 Å². The van der Waals surface area contributed by atoms with E-state index in [9.17, 15) is 9.59 Å². The van der Waals surface area contributed by atoms with Gasteiger partial charge in [0.05, 0.1) is 0 Å². The van der Waals surface area contributed by atoms with Crippen molar-refractivity contribution in [3.05, 3.63) is 34.8 Å². The second kappa shape index (κ2) is 5.57. The number of hydrogen-bond donors (Lipinski definition) is 2. The molecule has 0 aliphatic rings. The van der Waals surface area contributed by atoms with Crippen molar-refractivity contribution in [2.75, 3.05) is 10.6 Å². The Bertz CT molecular complexity index is 606. The summed E-state index contributed by atoms with van der Waals surface area (Å²) >= 11 is 1.21. The van der Waals surface area contributed by atoms with Gasteiger partial charge in [0, 0.05) is 5.69 Å². The topological polar surface area (TPSA) is 84.0 Å². The Morgan fingerprint density at radius 1 is 1.00 bits per heavy atom. The molecular weight excluding hydrogens is 264 g/mol. The highest BCUT2D eigenvalue weighted by atomic mass is 32.1. The van der Waals surface area contributed by atoms with E-state index in [0.29, 0.717) is 15.8 Å². The third kappa shape index (κ3) is 3.59. The first-order valence-electron chi connectivity index (χ1n) is 5.54. The monoisotopic (exact) mass is 276 g/mol. The first-order valence-corrected chi connectivity index (χ1v) is 6.35. The van der Waals surface area contributed by atoms with E-state index in [1.54, 1.807) is 19.1 Å². The number of carbonyl (C=O) groups is 2. The lowest BCUT2D eigenvalue weighted by Crippen LogP contribution is -2.29. The Hall–Kier alpha value is -2.28. The van der Waals surface area contributed by atoms with Crippen LogP contribution in [0.15, 0.2) is 24.3 Å². The third-order valence-electron chi connectivity index (χ3n) is 2.26. The highest BCUT2D eigenvalue weighted by Gasteiger charge is 2.15. The maximum absolute atomic E-state index is 11.6. The SMILES string of the molecule is Cc1ccc(NC(=O)C(=O)Nc2nnc(C)s2)cc1. The van der Waals surface area contributed by atoms with E-state index in [0.717, 1.165) is 5.56 Å². The summed E-state index contributed by atoms with van der Waals surface area (Å²) in [5.41, 5.74) is 1.64. The predicted molar refractivity (Wildman–Crippen MR) is 73.1 cm³/mol. The van der Waals surface area contributed by atoms with Crippen molar-refractivity contribution in [1.29, 1.82) is 0 Å². The number of carbonyl (C=O) groups excluding carboxylic acids is 2. The van der Waals surface area contributed by atoms with Crippen molar-refractivity contribution in [1.82, 2.24) is 10.2 Å². The van der Waals surface area contributed by atoms with Crippen LogP contribution in [0.4, 0.5) is 10.8 Å². The molecule has 1 aromatic carbocycles. The van der Waals surface area contributed by atoms with E-state index in [4.69, 9.17) is 0 Å². The molecule has 0 aliphatic carbocycles. The fourth-order valence-corrected chi connectivity index (χ4v) is 1.91. The standard InChI is InChI=1S/C12H12N4O2S/c1-7-3-5-9(6-4-7)13-10(17)11(18)14-12-16-15-8(2)19-12/h3-6H,1-2H3,(H,13,17)(H,14,16,18). The molecule has 0 fully saturated rings. The number of benzene rings is 1. The smallest absolute Gasteiger partial charge is 0.315 e. The average molecular weight is 276 g/mol. The summed E-state index contributed by atoms with van der Waals surface area (Å²) in [7, 11) is 0. The molecule has 0 bridgehead atoms. The Kier molecular flexibility index (Phi) is 3.86. The van der Waals surface area contributed by atoms with Gasteiger partial charge in [-0.05, 0) is 26.0 Å². The molecule has 1 aromatic heterocycles. The Balaban J connectivity index is 1.96. The Morgan fingerprint density at radius 2 is 1.63 bits per heavy atom. The fourth-order valence-electron chi connectivity index (χ4n) is 1.33. The van der Waals surface area contributed by atoms with E-state index in [1.807, 2.05) is 19.1 Å².